The van der Waals surface area contributed by atoms with Crippen molar-refractivity contribution in [3.8, 4) is 0 Å². The molecule has 4 nitrogen and oxygen atoms in total. The summed E-state index contributed by atoms with van der Waals surface area (Å²) in [7, 11) is 1.69. The van der Waals surface area contributed by atoms with Crippen molar-refractivity contribution in [2.75, 3.05) is 26.7 Å². The minimum absolute atomic E-state index is 0.0432. The van der Waals surface area contributed by atoms with E-state index in [0.29, 0.717) is 12.0 Å². The molecule has 0 aromatic heterocycles. The molecular formula is C20H28N2O2. The van der Waals surface area contributed by atoms with Gasteiger partial charge in [0.15, 0.2) is 0 Å². The summed E-state index contributed by atoms with van der Waals surface area (Å²) in [5.41, 5.74) is 1.40. The molecule has 1 aliphatic carbocycles. The molecule has 1 aromatic rings. The number of benzene rings is 1. The van der Waals surface area contributed by atoms with Crippen LogP contribution in [0.1, 0.15) is 43.8 Å². The molecule has 0 radical (unpaired) electrons. The Morgan fingerprint density at radius 2 is 2.12 bits per heavy atom. The van der Waals surface area contributed by atoms with Gasteiger partial charge in [-0.2, -0.15) is 0 Å². The van der Waals surface area contributed by atoms with E-state index >= 15 is 0 Å². The van der Waals surface area contributed by atoms with Crippen LogP contribution in [0.4, 0.5) is 4.79 Å². The van der Waals surface area contributed by atoms with E-state index in [1.54, 1.807) is 7.11 Å². The molecule has 1 saturated heterocycles. The molecule has 3 rings (SSSR count). The number of allylic oxidation sites excluding steroid dienone is 2. The number of hydrogen-bond donors (Lipinski definition) is 1. The lowest BCUT2D eigenvalue weighted by Gasteiger charge is -2.43. The number of rotatable bonds is 4. The van der Waals surface area contributed by atoms with Gasteiger partial charge in [-0.15, -0.1) is 0 Å². The van der Waals surface area contributed by atoms with Crippen molar-refractivity contribution >= 4 is 6.03 Å². The number of hydrogen-bond acceptors (Lipinski definition) is 2. The Bertz CT molecular complexity index is 572. The molecule has 1 N–H and O–H groups in total. The highest BCUT2D eigenvalue weighted by Gasteiger charge is 2.36. The number of amides is 2. The van der Waals surface area contributed by atoms with Gasteiger partial charge in [0.2, 0.25) is 0 Å². The third-order valence-electron chi connectivity index (χ3n) is 5.40. The number of ether oxygens (including phenoxy) is 1. The van der Waals surface area contributed by atoms with E-state index in [4.69, 9.17) is 4.74 Å². The zero-order valence-corrected chi connectivity index (χ0v) is 14.5. The van der Waals surface area contributed by atoms with E-state index in [1.807, 2.05) is 35.2 Å². The van der Waals surface area contributed by atoms with Crippen molar-refractivity contribution in [3.05, 3.63) is 48.0 Å². The predicted octanol–water partition coefficient (Wildman–Crippen LogP) is 3.91. The van der Waals surface area contributed by atoms with Gasteiger partial charge in [-0.3, -0.25) is 0 Å². The van der Waals surface area contributed by atoms with Crippen LogP contribution in [-0.4, -0.2) is 37.7 Å². The number of nitrogens with one attached hydrogen (secondary N) is 1. The van der Waals surface area contributed by atoms with Crippen LogP contribution in [0.2, 0.25) is 0 Å². The van der Waals surface area contributed by atoms with Gasteiger partial charge in [-0.1, -0.05) is 42.5 Å². The zero-order chi connectivity index (χ0) is 16.8. The number of carbonyl (C=O) groups excluding carboxylic acids is 1. The highest BCUT2D eigenvalue weighted by molar-refractivity contribution is 5.74. The quantitative estimate of drug-likeness (QED) is 0.852. The molecule has 1 heterocycles. The Morgan fingerprint density at radius 1 is 1.29 bits per heavy atom. The number of nitrogens with zero attached hydrogens (tertiary/aromatic N) is 1. The summed E-state index contributed by atoms with van der Waals surface area (Å²) < 4.78 is 5.54. The molecule has 0 saturated carbocycles. The van der Waals surface area contributed by atoms with E-state index in [-0.39, 0.29) is 12.1 Å². The Hall–Kier alpha value is -1.81. The molecule has 0 unspecified atom stereocenters. The van der Waals surface area contributed by atoms with Crippen molar-refractivity contribution in [1.82, 2.24) is 10.2 Å². The third-order valence-corrected chi connectivity index (χ3v) is 5.40. The molecule has 1 aromatic carbocycles. The SMILES string of the molecule is CO[C@H](CNC(=O)N1CCC[C@@]2(CC=CCC2)C1)c1ccccc1. The van der Waals surface area contributed by atoms with Gasteiger partial charge in [-0.05, 0) is 43.1 Å². The monoisotopic (exact) mass is 328 g/mol. The zero-order valence-electron chi connectivity index (χ0n) is 14.5. The molecule has 0 bridgehead atoms. The molecule has 4 heteroatoms. The lowest BCUT2D eigenvalue weighted by atomic mass is 9.71. The van der Waals surface area contributed by atoms with Crippen LogP contribution in [0, 0.1) is 5.41 Å². The standard InChI is InChI=1S/C20H28N2O2/c1-24-18(17-9-4-2-5-10-17)15-21-19(23)22-14-8-13-20(16-22)11-6-3-7-12-20/h2-6,9-10,18H,7-8,11-16H2,1H3,(H,21,23)/t18-,20+/m1/s1. The molecule has 2 aliphatic rings. The number of methoxy groups -OCH3 is 1. The van der Waals surface area contributed by atoms with Crippen molar-refractivity contribution in [1.29, 1.82) is 0 Å². The van der Waals surface area contributed by atoms with E-state index < -0.39 is 0 Å². The Labute approximate surface area is 144 Å². The first-order valence-electron chi connectivity index (χ1n) is 8.98. The van der Waals surface area contributed by atoms with E-state index in [1.165, 1.54) is 12.8 Å². The summed E-state index contributed by atoms with van der Waals surface area (Å²) in [6.07, 6.45) is 10.3. The van der Waals surface area contributed by atoms with Gasteiger partial charge in [0.1, 0.15) is 0 Å². The summed E-state index contributed by atoms with van der Waals surface area (Å²) in [4.78, 5) is 14.6. The second kappa shape index (κ2) is 7.84. The number of urea groups is 1. The normalized spacial score (nSPS) is 24.8. The van der Waals surface area contributed by atoms with Crippen LogP contribution in [0.15, 0.2) is 42.5 Å². The average molecular weight is 328 g/mol. The van der Waals surface area contributed by atoms with Gasteiger partial charge in [-0.25, -0.2) is 4.79 Å². The smallest absolute Gasteiger partial charge is 0.317 e. The van der Waals surface area contributed by atoms with Crippen LogP contribution in [-0.2, 0) is 4.74 Å². The summed E-state index contributed by atoms with van der Waals surface area (Å²) >= 11 is 0. The summed E-state index contributed by atoms with van der Waals surface area (Å²) in [6, 6.07) is 10.1. The topological polar surface area (TPSA) is 41.6 Å². The maximum Gasteiger partial charge on any atom is 0.317 e. The highest BCUT2D eigenvalue weighted by Crippen LogP contribution is 2.40. The van der Waals surface area contributed by atoms with Crippen LogP contribution in [0.3, 0.4) is 0 Å². The largest absolute Gasteiger partial charge is 0.375 e. The second-order valence-electron chi connectivity index (χ2n) is 7.06. The van der Waals surface area contributed by atoms with Crippen molar-refractivity contribution in [2.45, 2.75) is 38.2 Å². The number of piperidine rings is 1. The molecular weight excluding hydrogens is 300 g/mol. The first-order chi connectivity index (χ1) is 11.7. The molecule has 1 aliphatic heterocycles. The Kier molecular flexibility index (Phi) is 5.56. The Morgan fingerprint density at radius 3 is 2.83 bits per heavy atom. The molecule has 1 spiro atoms. The average Bonchev–Trinajstić information content (AvgIpc) is 2.63. The van der Waals surface area contributed by atoms with Crippen LogP contribution < -0.4 is 5.32 Å². The molecule has 130 valence electrons. The fourth-order valence-corrected chi connectivity index (χ4v) is 3.99. The van der Waals surface area contributed by atoms with Gasteiger partial charge >= 0.3 is 6.03 Å². The van der Waals surface area contributed by atoms with Crippen molar-refractivity contribution in [2.24, 2.45) is 5.41 Å². The fourth-order valence-electron chi connectivity index (χ4n) is 3.99. The van der Waals surface area contributed by atoms with Gasteiger partial charge in [0.05, 0.1) is 6.10 Å². The van der Waals surface area contributed by atoms with Gasteiger partial charge in [0.25, 0.3) is 0 Å². The van der Waals surface area contributed by atoms with Crippen molar-refractivity contribution < 1.29 is 9.53 Å². The maximum atomic E-state index is 12.6. The van der Waals surface area contributed by atoms with Crippen LogP contribution in [0.5, 0.6) is 0 Å². The lowest BCUT2D eigenvalue weighted by Crippen LogP contribution is -2.50. The first-order valence-corrected chi connectivity index (χ1v) is 8.98. The summed E-state index contributed by atoms with van der Waals surface area (Å²) in [6.45, 7) is 2.25. The maximum absolute atomic E-state index is 12.6. The summed E-state index contributed by atoms with van der Waals surface area (Å²) in [5, 5.41) is 3.07. The predicted molar refractivity (Wildman–Crippen MR) is 95.8 cm³/mol. The number of likely N-dealkylation sites (tertiary alicyclic amines) is 1. The fraction of sp³-hybridized carbons (Fsp3) is 0.550. The van der Waals surface area contributed by atoms with E-state index in [0.717, 1.165) is 37.9 Å². The van der Waals surface area contributed by atoms with Gasteiger partial charge < -0.3 is 15.0 Å². The Balaban J connectivity index is 1.55. The van der Waals surface area contributed by atoms with Crippen LogP contribution >= 0.6 is 0 Å². The minimum Gasteiger partial charge on any atom is -0.375 e. The second-order valence-corrected chi connectivity index (χ2v) is 7.06. The molecule has 1 fully saturated rings. The molecule has 2 atom stereocenters. The first kappa shape index (κ1) is 17.0. The van der Waals surface area contributed by atoms with Crippen molar-refractivity contribution in [3.63, 3.8) is 0 Å². The molecule has 2 amide bonds. The number of carbonyl (C=O) groups is 1. The lowest BCUT2D eigenvalue weighted by molar-refractivity contribution is 0.0841. The summed E-state index contributed by atoms with van der Waals surface area (Å²) in [5.74, 6) is 0. The van der Waals surface area contributed by atoms with E-state index in [2.05, 4.69) is 17.5 Å². The minimum atomic E-state index is -0.105. The van der Waals surface area contributed by atoms with E-state index in [9.17, 15) is 4.79 Å². The third kappa shape index (κ3) is 3.99. The highest BCUT2D eigenvalue weighted by atomic mass is 16.5. The molecule has 24 heavy (non-hydrogen) atoms. The van der Waals surface area contributed by atoms with Gasteiger partial charge in [0, 0.05) is 26.7 Å². The van der Waals surface area contributed by atoms with Crippen LogP contribution in [0.25, 0.3) is 0 Å².